The predicted octanol–water partition coefficient (Wildman–Crippen LogP) is 5.04. The summed E-state index contributed by atoms with van der Waals surface area (Å²) in [7, 11) is 0. The fraction of sp³-hybridized carbons (Fsp3) is 0.0833. The van der Waals surface area contributed by atoms with Gasteiger partial charge in [0.1, 0.15) is 5.69 Å². The lowest BCUT2D eigenvalue weighted by molar-refractivity contribution is -0.112. The molecule has 0 saturated carbocycles. The molecule has 0 aliphatic carbocycles. The van der Waals surface area contributed by atoms with Crippen LogP contribution < -0.4 is 5.32 Å². The van der Waals surface area contributed by atoms with Crippen molar-refractivity contribution in [2.24, 2.45) is 0 Å². The fourth-order valence-electron chi connectivity index (χ4n) is 3.34. The molecule has 0 atom stereocenters. The van der Waals surface area contributed by atoms with E-state index in [-0.39, 0.29) is 0 Å². The number of pyridine rings is 1. The van der Waals surface area contributed by atoms with Crippen molar-refractivity contribution in [3.63, 3.8) is 0 Å². The summed E-state index contributed by atoms with van der Waals surface area (Å²) in [6.07, 6.45) is 1.82. The SMILES string of the molecule is Cc1ccc(NC(=O)C(=O)c2c(-c3ccccc3)cc3c(C)cccn23)cc1. The van der Waals surface area contributed by atoms with E-state index in [9.17, 15) is 9.59 Å². The van der Waals surface area contributed by atoms with Crippen LogP contribution in [0.2, 0.25) is 0 Å². The Morgan fingerprint density at radius 3 is 2.29 bits per heavy atom. The first kappa shape index (κ1) is 17.7. The summed E-state index contributed by atoms with van der Waals surface area (Å²) in [5.74, 6) is -1.22. The van der Waals surface area contributed by atoms with Gasteiger partial charge in [-0.25, -0.2) is 0 Å². The molecule has 0 radical (unpaired) electrons. The molecule has 0 saturated heterocycles. The number of amides is 1. The van der Waals surface area contributed by atoms with Crippen LogP contribution >= 0.6 is 0 Å². The Bertz CT molecular complexity index is 1170. The first-order valence-electron chi connectivity index (χ1n) is 9.13. The van der Waals surface area contributed by atoms with Gasteiger partial charge in [-0.3, -0.25) is 9.59 Å². The largest absolute Gasteiger partial charge is 0.319 e. The van der Waals surface area contributed by atoms with Crippen LogP contribution in [0.4, 0.5) is 5.69 Å². The quantitative estimate of drug-likeness (QED) is 0.405. The van der Waals surface area contributed by atoms with Crippen LogP contribution in [-0.4, -0.2) is 16.1 Å². The minimum absolute atomic E-state index is 0.370. The molecule has 0 aliphatic rings. The van der Waals surface area contributed by atoms with Crippen LogP contribution in [0.5, 0.6) is 0 Å². The second-order valence-corrected chi connectivity index (χ2v) is 6.87. The molecule has 0 bridgehead atoms. The highest BCUT2D eigenvalue weighted by Gasteiger charge is 2.25. The zero-order valence-electron chi connectivity index (χ0n) is 15.8. The number of aromatic nitrogens is 1. The molecule has 2 aromatic carbocycles. The standard InChI is InChI=1S/C24H20N2O2/c1-16-10-12-19(13-11-16)25-24(28)23(27)22-20(18-8-4-3-5-9-18)15-21-17(2)7-6-14-26(21)22/h3-15H,1-2H3,(H,25,28). The smallest absolute Gasteiger partial charge is 0.298 e. The van der Waals surface area contributed by atoms with E-state index in [1.54, 1.807) is 16.5 Å². The van der Waals surface area contributed by atoms with Crippen LogP contribution in [0.3, 0.4) is 0 Å². The Hall–Kier alpha value is -3.66. The summed E-state index contributed by atoms with van der Waals surface area (Å²) in [5, 5.41) is 2.71. The number of fused-ring (bicyclic) bond motifs is 1. The van der Waals surface area contributed by atoms with Crippen molar-refractivity contribution in [3.05, 3.63) is 95.8 Å². The first-order chi connectivity index (χ1) is 13.5. The van der Waals surface area contributed by atoms with Gasteiger partial charge in [0.25, 0.3) is 11.7 Å². The second-order valence-electron chi connectivity index (χ2n) is 6.87. The monoisotopic (exact) mass is 368 g/mol. The second kappa shape index (κ2) is 7.16. The number of Topliss-reactive ketones (excluding diaryl/α,β-unsaturated/α-hetero) is 1. The van der Waals surface area contributed by atoms with Crippen molar-refractivity contribution in [3.8, 4) is 11.1 Å². The zero-order chi connectivity index (χ0) is 19.7. The number of hydrogen-bond acceptors (Lipinski definition) is 2. The average Bonchev–Trinajstić information content (AvgIpc) is 3.11. The fourth-order valence-corrected chi connectivity index (χ4v) is 3.34. The number of benzene rings is 2. The highest BCUT2D eigenvalue weighted by Crippen LogP contribution is 2.29. The Morgan fingerprint density at radius 1 is 0.857 bits per heavy atom. The third kappa shape index (κ3) is 3.21. The van der Waals surface area contributed by atoms with Crippen LogP contribution in [0.25, 0.3) is 16.6 Å². The van der Waals surface area contributed by atoms with Gasteiger partial charge in [-0.05, 0) is 49.2 Å². The lowest BCUT2D eigenvalue weighted by atomic mass is 10.0. The maximum absolute atomic E-state index is 13.2. The normalized spacial score (nSPS) is 10.8. The van der Waals surface area contributed by atoms with Crippen molar-refractivity contribution in [2.45, 2.75) is 13.8 Å². The summed E-state index contributed by atoms with van der Waals surface area (Å²) < 4.78 is 1.80. The highest BCUT2D eigenvalue weighted by atomic mass is 16.2. The molecule has 2 heterocycles. The molecule has 2 aromatic heterocycles. The number of ketones is 1. The summed E-state index contributed by atoms with van der Waals surface area (Å²) in [4.78, 5) is 25.9. The van der Waals surface area contributed by atoms with E-state index >= 15 is 0 Å². The summed E-state index contributed by atoms with van der Waals surface area (Å²) in [5.41, 5.74) is 5.65. The van der Waals surface area contributed by atoms with E-state index in [0.717, 1.165) is 27.8 Å². The van der Waals surface area contributed by atoms with Crippen molar-refractivity contribution >= 4 is 22.9 Å². The number of hydrogen-bond donors (Lipinski definition) is 1. The molecule has 4 rings (SSSR count). The maximum atomic E-state index is 13.2. The number of nitrogens with one attached hydrogen (secondary N) is 1. The Balaban J connectivity index is 1.80. The summed E-state index contributed by atoms with van der Waals surface area (Å²) >= 11 is 0. The van der Waals surface area contributed by atoms with Crippen LogP contribution in [0.1, 0.15) is 21.6 Å². The molecule has 0 fully saturated rings. The minimum atomic E-state index is -0.650. The van der Waals surface area contributed by atoms with Gasteiger partial charge in [-0.2, -0.15) is 0 Å². The minimum Gasteiger partial charge on any atom is -0.319 e. The first-order valence-corrected chi connectivity index (χ1v) is 9.13. The molecule has 0 aliphatic heterocycles. The van der Waals surface area contributed by atoms with Crippen LogP contribution in [0.15, 0.2) is 79.0 Å². The Morgan fingerprint density at radius 2 is 1.57 bits per heavy atom. The average molecular weight is 368 g/mol. The molecule has 4 aromatic rings. The predicted molar refractivity (Wildman–Crippen MR) is 112 cm³/mol. The summed E-state index contributed by atoms with van der Waals surface area (Å²) in [6, 6.07) is 22.9. The van der Waals surface area contributed by atoms with Gasteiger partial charge in [0.15, 0.2) is 0 Å². The number of aryl methyl sites for hydroxylation is 2. The van der Waals surface area contributed by atoms with Crippen LogP contribution in [-0.2, 0) is 4.79 Å². The Kier molecular flexibility index (Phi) is 4.53. The highest BCUT2D eigenvalue weighted by molar-refractivity contribution is 6.47. The van der Waals surface area contributed by atoms with E-state index in [1.807, 2.05) is 80.7 Å². The number of anilines is 1. The van der Waals surface area contributed by atoms with Gasteiger partial charge in [-0.1, -0.05) is 54.1 Å². The van der Waals surface area contributed by atoms with Gasteiger partial charge in [0, 0.05) is 23.0 Å². The third-order valence-corrected chi connectivity index (χ3v) is 4.84. The van der Waals surface area contributed by atoms with E-state index in [2.05, 4.69) is 5.32 Å². The zero-order valence-corrected chi connectivity index (χ0v) is 15.8. The maximum Gasteiger partial charge on any atom is 0.298 e. The Labute approximate surface area is 163 Å². The van der Waals surface area contributed by atoms with E-state index < -0.39 is 11.7 Å². The van der Waals surface area contributed by atoms with Crippen molar-refractivity contribution in [1.82, 2.24) is 4.40 Å². The summed E-state index contributed by atoms with van der Waals surface area (Å²) in [6.45, 7) is 3.96. The van der Waals surface area contributed by atoms with Crippen LogP contribution in [0, 0.1) is 13.8 Å². The molecule has 138 valence electrons. The molecule has 28 heavy (non-hydrogen) atoms. The van der Waals surface area contributed by atoms with Gasteiger partial charge in [0.05, 0.1) is 0 Å². The van der Waals surface area contributed by atoms with Crippen molar-refractivity contribution in [1.29, 1.82) is 0 Å². The van der Waals surface area contributed by atoms with Gasteiger partial charge < -0.3 is 9.72 Å². The number of carbonyl (C=O) groups excluding carboxylic acids is 2. The number of carbonyl (C=O) groups is 2. The van der Waals surface area contributed by atoms with Gasteiger partial charge in [-0.15, -0.1) is 0 Å². The van der Waals surface area contributed by atoms with E-state index in [1.165, 1.54) is 0 Å². The molecule has 4 heteroatoms. The van der Waals surface area contributed by atoms with Crippen molar-refractivity contribution < 1.29 is 9.59 Å². The lowest BCUT2D eigenvalue weighted by Crippen LogP contribution is -2.24. The number of rotatable bonds is 4. The molecule has 0 unspecified atom stereocenters. The van der Waals surface area contributed by atoms with Gasteiger partial charge >= 0.3 is 0 Å². The molecular formula is C24H20N2O2. The molecule has 1 amide bonds. The van der Waals surface area contributed by atoms with Gasteiger partial charge in [0.2, 0.25) is 0 Å². The molecule has 0 spiro atoms. The van der Waals surface area contributed by atoms with Crippen molar-refractivity contribution in [2.75, 3.05) is 5.32 Å². The third-order valence-electron chi connectivity index (χ3n) is 4.84. The lowest BCUT2D eigenvalue weighted by Gasteiger charge is -2.08. The molecular weight excluding hydrogens is 348 g/mol. The van der Waals surface area contributed by atoms with E-state index in [4.69, 9.17) is 0 Å². The molecule has 1 N–H and O–H groups in total. The number of nitrogens with zero attached hydrogens (tertiary/aromatic N) is 1. The van der Waals surface area contributed by atoms with E-state index in [0.29, 0.717) is 11.4 Å². The molecule has 4 nitrogen and oxygen atoms in total. The topological polar surface area (TPSA) is 50.6 Å².